The van der Waals surface area contributed by atoms with E-state index in [1.165, 1.54) is 0 Å². The Labute approximate surface area is 49.2 Å². The highest BCUT2D eigenvalue weighted by Gasteiger charge is 2.07. The second-order valence-corrected chi connectivity index (χ2v) is 1.73. The summed E-state index contributed by atoms with van der Waals surface area (Å²) < 4.78 is 5.13. The minimum absolute atomic E-state index is 0.00347. The largest absolute Gasteiger partial charge is 0.363 e. The Balaban J connectivity index is 2.25. The third-order valence-corrected chi connectivity index (χ3v) is 1.11. The lowest BCUT2D eigenvalue weighted by molar-refractivity contribution is 0.0652. The first kappa shape index (κ1) is 5.61. The Hall–Kier alpha value is -0.520. The van der Waals surface area contributed by atoms with Gasteiger partial charge in [-0.3, -0.25) is 0 Å². The third kappa shape index (κ3) is 1.22. The maximum absolute atomic E-state index is 5.13. The van der Waals surface area contributed by atoms with Crippen molar-refractivity contribution >= 4 is 0 Å². The average Bonchev–Trinajstić information content (AvgIpc) is 1.90. The molecule has 0 amide bonds. The molecule has 0 aromatic carbocycles. The number of terminal acetylenes is 1. The van der Waals surface area contributed by atoms with Crippen molar-refractivity contribution in [1.29, 1.82) is 0 Å². The molecule has 0 aromatic rings. The molecule has 1 aliphatic rings. The molecule has 0 radical (unpaired) electrons. The van der Waals surface area contributed by atoms with Crippen LogP contribution in [0.1, 0.15) is 0 Å². The van der Waals surface area contributed by atoms with Crippen molar-refractivity contribution in [3.8, 4) is 12.3 Å². The van der Waals surface area contributed by atoms with Gasteiger partial charge in [-0.05, 0) is 0 Å². The van der Waals surface area contributed by atoms with Crippen molar-refractivity contribution in [3.63, 3.8) is 0 Å². The fourth-order valence-corrected chi connectivity index (χ4v) is 0.672. The fourth-order valence-electron chi connectivity index (χ4n) is 0.672. The predicted octanol–water partition coefficient (Wildman–Crippen LogP) is -0.392. The summed E-state index contributed by atoms with van der Waals surface area (Å²) in [5.41, 5.74) is 0. The van der Waals surface area contributed by atoms with Crippen LogP contribution in [0.3, 0.4) is 0 Å². The first-order chi connectivity index (χ1) is 3.93. The summed E-state index contributed by atoms with van der Waals surface area (Å²) in [6.07, 6.45) is 5.09. The minimum atomic E-state index is 0.00347. The molecule has 1 heterocycles. The Bertz CT molecular complexity index is 99.6. The molecule has 1 fully saturated rings. The molecule has 2 nitrogen and oxygen atoms in total. The molecule has 2 heteroatoms. The van der Waals surface area contributed by atoms with Crippen LogP contribution in [-0.4, -0.2) is 25.8 Å². The van der Waals surface area contributed by atoms with Gasteiger partial charge in [0.25, 0.3) is 0 Å². The number of hydrogen-bond donors (Lipinski definition) is 1. The van der Waals surface area contributed by atoms with E-state index < -0.39 is 0 Å². The Morgan fingerprint density at radius 3 is 3.00 bits per heavy atom. The summed E-state index contributed by atoms with van der Waals surface area (Å²) >= 11 is 0. The maximum atomic E-state index is 5.13. The van der Waals surface area contributed by atoms with Crippen LogP contribution in [0, 0.1) is 12.3 Å². The number of nitrogens with one attached hydrogen (secondary N) is 1. The number of ether oxygens (including phenoxy) is 1. The second kappa shape index (κ2) is 2.71. The van der Waals surface area contributed by atoms with Crippen LogP contribution < -0.4 is 5.32 Å². The van der Waals surface area contributed by atoms with Gasteiger partial charge in [0, 0.05) is 13.1 Å². The molecule has 1 atom stereocenters. The van der Waals surface area contributed by atoms with Gasteiger partial charge in [0.15, 0.2) is 0 Å². The predicted molar refractivity (Wildman–Crippen MR) is 31.4 cm³/mol. The highest BCUT2D eigenvalue weighted by molar-refractivity contribution is 4.96. The summed E-state index contributed by atoms with van der Waals surface area (Å²) in [7, 11) is 0. The van der Waals surface area contributed by atoms with E-state index in [9.17, 15) is 0 Å². The molecule has 1 rings (SSSR count). The molecule has 0 spiro atoms. The van der Waals surface area contributed by atoms with Crippen LogP contribution in [0.5, 0.6) is 0 Å². The zero-order chi connectivity index (χ0) is 5.82. The van der Waals surface area contributed by atoms with Crippen molar-refractivity contribution in [2.45, 2.75) is 6.10 Å². The van der Waals surface area contributed by atoms with Gasteiger partial charge in [0.05, 0.1) is 6.61 Å². The molecule has 0 aliphatic carbocycles. The lowest BCUT2D eigenvalue weighted by Crippen LogP contribution is -2.37. The van der Waals surface area contributed by atoms with E-state index in [4.69, 9.17) is 11.2 Å². The van der Waals surface area contributed by atoms with Crippen molar-refractivity contribution in [2.75, 3.05) is 19.7 Å². The van der Waals surface area contributed by atoms with Crippen LogP contribution in [0.25, 0.3) is 0 Å². The van der Waals surface area contributed by atoms with Gasteiger partial charge in [-0.25, -0.2) is 0 Å². The standard InChI is InChI=1S/C6H9NO/c1-2-6-5-7-3-4-8-6/h1,6-7H,3-5H2/t6-/m0/s1. The molecule has 8 heavy (non-hydrogen) atoms. The molecule has 44 valence electrons. The molecular weight excluding hydrogens is 102 g/mol. The normalized spacial score (nSPS) is 29.1. The zero-order valence-electron chi connectivity index (χ0n) is 4.68. The molecule has 0 aromatic heterocycles. The number of hydrogen-bond acceptors (Lipinski definition) is 2. The molecule has 1 aliphatic heterocycles. The van der Waals surface area contributed by atoms with Gasteiger partial charge in [0.1, 0.15) is 6.10 Å². The molecular formula is C6H9NO. The first-order valence-corrected chi connectivity index (χ1v) is 2.72. The van der Waals surface area contributed by atoms with Crippen molar-refractivity contribution in [1.82, 2.24) is 5.32 Å². The van der Waals surface area contributed by atoms with Gasteiger partial charge in [-0.2, -0.15) is 0 Å². The van der Waals surface area contributed by atoms with E-state index in [2.05, 4.69) is 11.2 Å². The third-order valence-electron chi connectivity index (χ3n) is 1.11. The van der Waals surface area contributed by atoms with Gasteiger partial charge in [0.2, 0.25) is 0 Å². The molecule has 0 bridgehead atoms. The molecule has 1 N–H and O–H groups in total. The van der Waals surface area contributed by atoms with Crippen LogP contribution >= 0.6 is 0 Å². The summed E-state index contributed by atoms with van der Waals surface area (Å²) in [6, 6.07) is 0. The van der Waals surface area contributed by atoms with E-state index in [-0.39, 0.29) is 6.10 Å². The van der Waals surface area contributed by atoms with E-state index in [0.717, 1.165) is 19.7 Å². The summed E-state index contributed by atoms with van der Waals surface area (Å²) in [6.45, 7) is 2.48. The van der Waals surface area contributed by atoms with Crippen molar-refractivity contribution < 1.29 is 4.74 Å². The molecule has 0 unspecified atom stereocenters. The topological polar surface area (TPSA) is 21.3 Å². The number of morpholine rings is 1. The van der Waals surface area contributed by atoms with Crippen molar-refractivity contribution in [3.05, 3.63) is 0 Å². The van der Waals surface area contributed by atoms with Crippen molar-refractivity contribution in [2.24, 2.45) is 0 Å². The summed E-state index contributed by atoms with van der Waals surface area (Å²) in [5, 5.41) is 3.12. The fraction of sp³-hybridized carbons (Fsp3) is 0.667. The first-order valence-electron chi connectivity index (χ1n) is 2.72. The SMILES string of the molecule is C#C[C@H]1CNCCO1. The Morgan fingerprint density at radius 1 is 1.75 bits per heavy atom. The Kier molecular flexibility index (Phi) is 1.90. The van der Waals surface area contributed by atoms with Crippen LogP contribution in [-0.2, 0) is 4.74 Å². The van der Waals surface area contributed by atoms with Gasteiger partial charge in [-0.15, -0.1) is 6.42 Å². The van der Waals surface area contributed by atoms with E-state index in [1.807, 2.05) is 0 Å². The monoisotopic (exact) mass is 111 g/mol. The van der Waals surface area contributed by atoms with E-state index >= 15 is 0 Å². The summed E-state index contributed by atoms with van der Waals surface area (Å²) in [4.78, 5) is 0. The van der Waals surface area contributed by atoms with Crippen LogP contribution in [0.2, 0.25) is 0 Å². The highest BCUT2D eigenvalue weighted by Crippen LogP contribution is 1.91. The van der Waals surface area contributed by atoms with Gasteiger partial charge >= 0.3 is 0 Å². The number of rotatable bonds is 0. The summed E-state index contributed by atoms with van der Waals surface area (Å²) in [5.74, 6) is 2.52. The molecule has 0 saturated carbocycles. The minimum Gasteiger partial charge on any atom is -0.363 e. The second-order valence-electron chi connectivity index (χ2n) is 1.73. The molecule has 1 saturated heterocycles. The average molecular weight is 111 g/mol. The van der Waals surface area contributed by atoms with E-state index in [1.54, 1.807) is 0 Å². The highest BCUT2D eigenvalue weighted by atomic mass is 16.5. The smallest absolute Gasteiger partial charge is 0.130 e. The lowest BCUT2D eigenvalue weighted by atomic mass is 10.3. The van der Waals surface area contributed by atoms with E-state index in [0.29, 0.717) is 0 Å². The maximum Gasteiger partial charge on any atom is 0.130 e. The van der Waals surface area contributed by atoms with Crippen LogP contribution in [0.4, 0.5) is 0 Å². The zero-order valence-corrected chi connectivity index (χ0v) is 4.68. The Morgan fingerprint density at radius 2 is 2.62 bits per heavy atom. The lowest BCUT2D eigenvalue weighted by Gasteiger charge is -2.18. The van der Waals surface area contributed by atoms with Gasteiger partial charge in [-0.1, -0.05) is 5.92 Å². The van der Waals surface area contributed by atoms with Crippen LogP contribution in [0.15, 0.2) is 0 Å². The van der Waals surface area contributed by atoms with Gasteiger partial charge < -0.3 is 10.1 Å². The quantitative estimate of drug-likeness (QED) is 0.430.